The van der Waals surface area contributed by atoms with E-state index in [-0.39, 0.29) is 11.4 Å². The minimum Gasteiger partial charge on any atom is -0.331 e. The molecule has 0 saturated heterocycles. The standard InChI is InChI=1S/C17H18FN3O2S/c1-13-7-8-14(11-15(13)18)24(22,23)20-9-4-10-21-12-19-16-5-2-3-6-17(16)21/h2-3,5-8,11-12,20H,4,9-10H2,1H3. The van der Waals surface area contributed by atoms with Gasteiger partial charge in [-0.1, -0.05) is 18.2 Å². The molecule has 0 unspecified atom stereocenters. The first-order chi connectivity index (χ1) is 11.5. The molecule has 0 aliphatic carbocycles. The Morgan fingerprint density at radius 1 is 1.21 bits per heavy atom. The van der Waals surface area contributed by atoms with Gasteiger partial charge in [-0.25, -0.2) is 22.5 Å². The summed E-state index contributed by atoms with van der Waals surface area (Å²) in [6.07, 6.45) is 2.35. The summed E-state index contributed by atoms with van der Waals surface area (Å²) in [7, 11) is -3.70. The number of hydrogen-bond acceptors (Lipinski definition) is 3. The maximum absolute atomic E-state index is 13.5. The molecular formula is C17H18FN3O2S. The number of halogens is 1. The van der Waals surface area contributed by atoms with E-state index in [0.717, 1.165) is 17.1 Å². The molecule has 5 nitrogen and oxygen atoms in total. The zero-order valence-corrected chi connectivity index (χ0v) is 14.1. The first kappa shape index (κ1) is 16.6. The van der Waals surface area contributed by atoms with Gasteiger partial charge in [0.2, 0.25) is 10.0 Å². The van der Waals surface area contributed by atoms with Crippen molar-refractivity contribution in [1.29, 1.82) is 0 Å². The van der Waals surface area contributed by atoms with Crippen molar-refractivity contribution in [3.05, 3.63) is 60.2 Å². The van der Waals surface area contributed by atoms with Gasteiger partial charge in [0.05, 0.1) is 22.3 Å². The molecule has 1 N–H and O–H groups in total. The van der Waals surface area contributed by atoms with Gasteiger partial charge in [-0.05, 0) is 43.2 Å². The fourth-order valence-corrected chi connectivity index (χ4v) is 3.55. The fourth-order valence-electron chi connectivity index (χ4n) is 2.47. The molecule has 0 atom stereocenters. The van der Waals surface area contributed by atoms with Crippen molar-refractivity contribution in [2.24, 2.45) is 0 Å². The van der Waals surface area contributed by atoms with Gasteiger partial charge in [0.15, 0.2) is 0 Å². The first-order valence-electron chi connectivity index (χ1n) is 7.63. The molecule has 7 heteroatoms. The maximum Gasteiger partial charge on any atom is 0.240 e. The number of imidazole rings is 1. The third-order valence-corrected chi connectivity index (χ3v) is 5.31. The van der Waals surface area contributed by atoms with Crippen LogP contribution in [0.15, 0.2) is 53.7 Å². The van der Waals surface area contributed by atoms with E-state index in [9.17, 15) is 12.8 Å². The SMILES string of the molecule is Cc1ccc(S(=O)(=O)NCCCn2cnc3ccccc32)cc1F. The van der Waals surface area contributed by atoms with Crippen LogP contribution in [-0.2, 0) is 16.6 Å². The molecule has 1 heterocycles. The van der Waals surface area contributed by atoms with Gasteiger partial charge in [-0.3, -0.25) is 0 Å². The van der Waals surface area contributed by atoms with Gasteiger partial charge in [0.25, 0.3) is 0 Å². The molecular weight excluding hydrogens is 329 g/mol. The van der Waals surface area contributed by atoms with E-state index in [1.165, 1.54) is 12.1 Å². The fraction of sp³-hybridized carbons (Fsp3) is 0.235. The van der Waals surface area contributed by atoms with Crippen molar-refractivity contribution < 1.29 is 12.8 Å². The summed E-state index contributed by atoms with van der Waals surface area (Å²) >= 11 is 0. The van der Waals surface area contributed by atoms with Gasteiger partial charge in [-0.2, -0.15) is 0 Å². The van der Waals surface area contributed by atoms with Crippen LogP contribution in [0.25, 0.3) is 11.0 Å². The lowest BCUT2D eigenvalue weighted by Gasteiger charge is -2.08. The maximum atomic E-state index is 13.5. The Bertz CT molecular complexity index is 967. The average molecular weight is 347 g/mol. The Balaban J connectivity index is 1.60. The molecule has 2 aromatic carbocycles. The highest BCUT2D eigenvalue weighted by Crippen LogP contribution is 2.14. The molecule has 0 fully saturated rings. The van der Waals surface area contributed by atoms with Gasteiger partial charge in [-0.15, -0.1) is 0 Å². The largest absolute Gasteiger partial charge is 0.331 e. The summed E-state index contributed by atoms with van der Waals surface area (Å²) in [5.41, 5.74) is 2.34. The van der Waals surface area contributed by atoms with Gasteiger partial charge >= 0.3 is 0 Å². The van der Waals surface area contributed by atoms with Crippen LogP contribution < -0.4 is 4.72 Å². The minimum absolute atomic E-state index is 0.0568. The highest BCUT2D eigenvalue weighted by Gasteiger charge is 2.14. The van der Waals surface area contributed by atoms with E-state index in [1.807, 2.05) is 28.8 Å². The Kier molecular flexibility index (Phi) is 4.64. The zero-order valence-electron chi connectivity index (χ0n) is 13.2. The number of nitrogens with zero attached hydrogens (tertiary/aromatic N) is 2. The van der Waals surface area contributed by atoms with Crippen molar-refractivity contribution in [3.8, 4) is 0 Å². The number of fused-ring (bicyclic) bond motifs is 1. The summed E-state index contributed by atoms with van der Waals surface area (Å²) in [6, 6.07) is 11.7. The Morgan fingerprint density at radius 2 is 2.00 bits per heavy atom. The molecule has 3 aromatic rings. The zero-order chi connectivity index (χ0) is 17.2. The Hall–Kier alpha value is -2.25. The van der Waals surface area contributed by atoms with Crippen LogP contribution in [0.5, 0.6) is 0 Å². The number of hydrogen-bond donors (Lipinski definition) is 1. The highest BCUT2D eigenvalue weighted by molar-refractivity contribution is 7.89. The number of aryl methyl sites for hydroxylation is 2. The average Bonchev–Trinajstić information content (AvgIpc) is 2.97. The second-order valence-corrected chi connectivity index (χ2v) is 7.36. The number of benzene rings is 2. The van der Waals surface area contributed by atoms with Crippen LogP contribution in [-0.4, -0.2) is 24.5 Å². The summed E-state index contributed by atoms with van der Waals surface area (Å²) in [4.78, 5) is 4.24. The molecule has 24 heavy (non-hydrogen) atoms. The van der Waals surface area contributed by atoms with E-state index < -0.39 is 15.8 Å². The van der Waals surface area contributed by atoms with Crippen LogP contribution in [0.3, 0.4) is 0 Å². The Labute approximate surface area is 140 Å². The predicted molar refractivity (Wildman–Crippen MR) is 90.7 cm³/mol. The molecule has 0 aliphatic heterocycles. The smallest absolute Gasteiger partial charge is 0.240 e. The summed E-state index contributed by atoms with van der Waals surface area (Å²) < 4.78 is 42.4. The van der Waals surface area contributed by atoms with Gasteiger partial charge < -0.3 is 4.57 Å². The molecule has 0 spiro atoms. The van der Waals surface area contributed by atoms with Crippen molar-refractivity contribution in [2.75, 3.05) is 6.54 Å². The van der Waals surface area contributed by atoms with Crippen molar-refractivity contribution in [2.45, 2.75) is 24.8 Å². The van der Waals surface area contributed by atoms with Crippen LogP contribution in [0.1, 0.15) is 12.0 Å². The van der Waals surface area contributed by atoms with Gasteiger partial charge in [0, 0.05) is 13.1 Å². The number of rotatable bonds is 6. The van der Waals surface area contributed by atoms with Crippen LogP contribution in [0.2, 0.25) is 0 Å². The first-order valence-corrected chi connectivity index (χ1v) is 9.11. The molecule has 0 radical (unpaired) electrons. The number of aromatic nitrogens is 2. The van der Waals surface area contributed by atoms with E-state index in [1.54, 1.807) is 13.3 Å². The van der Waals surface area contributed by atoms with Gasteiger partial charge in [0.1, 0.15) is 5.82 Å². The lowest BCUT2D eigenvalue weighted by molar-refractivity contribution is 0.568. The lowest BCUT2D eigenvalue weighted by Crippen LogP contribution is -2.25. The summed E-state index contributed by atoms with van der Waals surface area (Å²) in [5, 5.41) is 0. The van der Waals surface area contributed by atoms with Crippen LogP contribution in [0, 0.1) is 12.7 Å². The number of nitrogens with one attached hydrogen (secondary N) is 1. The third-order valence-electron chi connectivity index (χ3n) is 3.85. The molecule has 126 valence electrons. The minimum atomic E-state index is -3.70. The van der Waals surface area contributed by atoms with E-state index in [2.05, 4.69) is 9.71 Å². The summed E-state index contributed by atoms with van der Waals surface area (Å²) in [5.74, 6) is -0.525. The summed E-state index contributed by atoms with van der Waals surface area (Å²) in [6.45, 7) is 2.50. The third kappa shape index (κ3) is 3.47. The molecule has 3 rings (SSSR count). The molecule has 0 bridgehead atoms. The van der Waals surface area contributed by atoms with Crippen LogP contribution in [0.4, 0.5) is 4.39 Å². The van der Waals surface area contributed by atoms with Crippen molar-refractivity contribution >= 4 is 21.1 Å². The Morgan fingerprint density at radius 3 is 2.79 bits per heavy atom. The number of para-hydroxylation sites is 2. The highest BCUT2D eigenvalue weighted by atomic mass is 32.2. The second kappa shape index (κ2) is 6.70. The molecule has 1 aromatic heterocycles. The molecule has 0 aliphatic rings. The normalized spacial score (nSPS) is 11.9. The van der Waals surface area contributed by atoms with E-state index in [4.69, 9.17) is 0 Å². The lowest BCUT2D eigenvalue weighted by atomic mass is 10.2. The predicted octanol–water partition coefficient (Wildman–Crippen LogP) is 2.85. The molecule has 0 amide bonds. The quantitative estimate of drug-likeness (QED) is 0.698. The topological polar surface area (TPSA) is 64.0 Å². The molecule has 0 saturated carbocycles. The van der Waals surface area contributed by atoms with Crippen LogP contribution >= 0.6 is 0 Å². The number of sulfonamides is 1. The monoisotopic (exact) mass is 347 g/mol. The van der Waals surface area contributed by atoms with E-state index >= 15 is 0 Å². The van der Waals surface area contributed by atoms with Crippen molar-refractivity contribution in [1.82, 2.24) is 14.3 Å². The van der Waals surface area contributed by atoms with E-state index in [0.29, 0.717) is 18.5 Å². The van der Waals surface area contributed by atoms with Crippen molar-refractivity contribution in [3.63, 3.8) is 0 Å². The second-order valence-electron chi connectivity index (χ2n) is 5.59.